The molecule has 0 bridgehead atoms. The number of hydrogen-bond acceptors (Lipinski definition) is 4. The van der Waals surface area contributed by atoms with Gasteiger partial charge < -0.3 is 5.32 Å². The summed E-state index contributed by atoms with van der Waals surface area (Å²) in [6, 6.07) is 11.4. The Morgan fingerprint density at radius 2 is 2.12 bits per heavy atom. The number of aromatic nitrogens is 4. The SMILES string of the molecule is Cc1nn(-c2ccc(Cl)nn2)c2c1[C@H](c1cccc(Br)c1)CC(=O)N2. The van der Waals surface area contributed by atoms with Crippen molar-refractivity contribution < 1.29 is 4.79 Å². The molecule has 3 aromatic rings. The molecule has 1 amide bonds. The zero-order valence-corrected chi connectivity index (χ0v) is 15.5. The van der Waals surface area contributed by atoms with Gasteiger partial charge in [0.15, 0.2) is 11.0 Å². The molecule has 1 aliphatic rings. The van der Waals surface area contributed by atoms with Crippen LogP contribution in [0, 0.1) is 6.92 Å². The van der Waals surface area contributed by atoms with Gasteiger partial charge in [-0.1, -0.05) is 39.7 Å². The Kier molecular flexibility index (Phi) is 4.05. The van der Waals surface area contributed by atoms with Crippen LogP contribution in [-0.2, 0) is 4.79 Å². The highest BCUT2D eigenvalue weighted by Gasteiger charge is 2.33. The molecule has 1 aromatic carbocycles. The summed E-state index contributed by atoms with van der Waals surface area (Å²) in [6.45, 7) is 1.93. The first kappa shape index (κ1) is 16.2. The molecule has 1 atom stereocenters. The summed E-state index contributed by atoms with van der Waals surface area (Å²) in [7, 11) is 0. The van der Waals surface area contributed by atoms with Crippen LogP contribution in [0.1, 0.15) is 29.2 Å². The van der Waals surface area contributed by atoms with Crippen LogP contribution in [0.25, 0.3) is 5.82 Å². The number of anilines is 1. The number of nitrogens with one attached hydrogen (secondary N) is 1. The van der Waals surface area contributed by atoms with E-state index in [0.717, 1.165) is 21.3 Å². The number of amides is 1. The van der Waals surface area contributed by atoms with E-state index < -0.39 is 0 Å². The van der Waals surface area contributed by atoms with E-state index in [2.05, 4.69) is 36.5 Å². The predicted molar refractivity (Wildman–Crippen MR) is 98.1 cm³/mol. The lowest BCUT2D eigenvalue weighted by Gasteiger charge is -2.24. The Bertz CT molecular complexity index is 970. The van der Waals surface area contributed by atoms with E-state index >= 15 is 0 Å². The number of carbonyl (C=O) groups excluding carboxylic acids is 1. The lowest BCUT2D eigenvalue weighted by Crippen LogP contribution is -2.25. The number of hydrogen-bond donors (Lipinski definition) is 1. The van der Waals surface area contributed by atoms with Gasteiger partial charge in [-0.15, -0.1) is 10.2 Å². The number of benzene rings is 1. The molecule has 4 rings (SSSR count). The first-order valence-corrected chi connectivity index (χ1v) is 8.84. The molecular weight excluding hydrogens is 406 g/mol. The molecule has 0 spiro atoms. The molecule has 0 saturated carbocycles. The normalized spacial score (nSPS) is 16.4. The van der Waals surface area contributed by atoms with Crippen molar-refractivity contribution in [2.45, 2.75) is 19.3 Å². The maximum absolute atomic E-state index is 12.3. The Morgan fingerprint density at radius 1 is 1.28 bits per heavy atom. The van der Waals surface area contributed by atoms with Crippen LogP contribution in [0.15, 0.2) is 40.9 Å². The smallest absolute Gasteiger partial charge is 0.226 e. The summed E-state index contributed by atoms with van der Waals surface area (Å²) in [5.41, 5.74) is 2.90. The molecule has 0 radical (unpaired) electrons. The van der Waals surface area contributed by atoms with Gasteiger partial charge in [0.1, 0.15) is 5.82 Å². The molecule has 126 valence electrons. The third-order valence-electron chi connectivity index (χ3n) is 4.19. The number of fused-ring (bicyclic) bond motifs is 1. The lowest BCUT2D eigenvalue weighted by atomic mass is 9.86. The second kappa shape index (κ2) is 6.24. The van der Waals surface area contributed by atoms with Crippen molar-refractivity contribution >= 4 is 39.3 Å². The van der Waals surface area contributed by atoms with Crippen molar-refractivity contribution in [1.82, 2.24) is 20.0 Å². The first-order chi connectivity index (χ1) is 12.0. The van der Waals surface area contributed by atoms with Gasteiger partial charge in [0.05, 0.1) is 5.69 Å². The highest BCUT2D eigenvalue weighted by Crippen LogP contribution is 2.40. The number of aryl methyl sites for hydroxylation is 1. The molecule has 8 heteroatoms. The molecule has 0 aliphatic carbocycles. The standard InChI is InChI=1S/C17H13BrClN5O/c1-9-16-12(10-3-2-4-11(18)7-10)8-15(25)20-17(16)24(23-9)14-6-5-13(19)21-22-14/h2-7,12H,8H2,1H3,(H,20,25)/t12-/m0/s1. The maximum Gasteiger partial charge on any atom is 0.226 e. The summed E-state index contributed by atoms with van der Waals surface area (Å²) in [5, 5.41) is 15.7. The molecule has 25 heavy (non-hydrogen) atoms. The van der Waals surface area contributed by atoms with Crippen molar-refractivity contribution in [3.63, 3.8) is 0 Å². The summed E-state index contributed by atoms with van der Waals surface area (Å²) < 4.78 is 2.59. The molecule has 2 aromatic heterocycles. The third kappa shape index (κ3) is 2.94. The minimum atomic E-state index is -0.0599. The van der Waals surface area contributed by atoms with E-state index in [9.17, 15) is 4.79 Å². The highest BCUT2D eigenvalue weighted by molar-refractivity contribution is 9.10. The number of carbonyl (C=O) groups is 1. The summed E-state index contributed by atoms with van der Waals surface area (Å²) in [5.74, 6) is 1.02. The quantitative estimate of drug-likeness (QED) is 0.686. The van der Waals surface area contributed by atoms with Crippen LogP contribution in [0.5, 0.6) is 0 Å². The Hall–Kier alpha value is -2.25. The van der Waals surface area contributed by atoms with Gasteiger partial charge in [-0.25, -0.2) is 0 Å². The topological polar surface area (TPSA) is 72.7 Å². The fraction of sp³-hybridized carbons (Fsp3) is 0.176. The number of halogens is 2. The summed E-state index contributed by atoms with van der Waals surface area (Å²) >= 11 is 9.31. The van der Waals surface area contributed by atoms with Gasteiger partial charge in [0.25, 0.3) is 0 Å². The number of nitrogens with zero attached hydrogens (tertiary/aromatic N) is 4. The Balaban J connectivity index is 1.87. The van der Waals surface area contributed by atoms with E-state index in [1.54, 1.807) is 16.8 Å². The lowest BCUT2D eigenvalue weighted by molar-refractivity contribution is -0.116. The summed E-state index contributed by atoms with van der Waals surface area (Å²) in [6.07, 6.45) is 0.377. The van der Waals surface area contributed by atoms with Crippen LogP contribution < -0.4 is 5.32 Å². The van der Waals surface area contributed by atoms with Gasteiger partial charge in [0.2, 0.25) is 5.91 Å². The van der Waals surface area contributed by atoms with Gasteiger partial charge in [-0.05, 0) is 36.8 Å². The van der Waals surface area contributed by atoms with Crippen molar-refractivity contribution in [1.29, 1.82) is 0 Å². The fourth-order valence-electron chi connectivity index (χ4n) is 3.14. The molecule has 1 aliphatic heterocycles. The fourth-order valence-corrected chi connectivity index (χ4v) is 3.66. The molecular formula is C17H13BrClN5O. The van der Waals surface area contributed by atoms with Crippen LogP contribution >= 0.6 is 27.5 Å². The average Bonchev–Trinajstić information content (AvgIpc) is 2.91. The Morgan fingerprint density at radius 3 is 2.84 bits per heavy atom. The van der Waals surface area contributed by atoms with Crippen LogP contribution in [-0.4, -0.2) is 25.9 Å². The largest absolute Gasteiger partial charge is 0.310 e. The van der Waals surface area contributed by atoms with E-state index in [-0.39, 0.29) is 11.8 Å². The second-order valence-electron chi connectivity index (χ2n) is 5.83. The molecule has 0 unspecified atom stereocenters. The van der Waals surface area contributed by atoms with Crippen molar-refractivity contribution in [2.24, 2.45) is 0 Å². The van der Waals surface area contributed by atoms with E-state index in [4.69, 9.17) is 11.6 Å². The zero-order valence-electron chi connectivity index (χ0n) is 13.2. The van der Waals surface area contributed by atoms with E-state index in [1.807, 2.05) is 31.2 Å². The minimum Gasteiger partial charge on any atom is -0.310 e. The molecule has 3 heterocycles. The average molecular weight is 419 g/mol. The van der Waals surface area contributed by atoms with Crippen LogP contribution in [0.2, 0.25) is 5.15 Å². The molecule has 0 fully saturated rings. The van der Waals surface area contributed by atoms with Gasteiger partial charge in [0, 0.05) is 22.4 Å². The summed E-state index contributed by atoms with van der Waals surface area (Å²) in [4.78, 5) is 12.3. The first-order valence-electron chi connectivity index (χ1n) is 7.67. The van der Waals surface area contributed by atoms with Crippen LogP contribution in [0.4, 0.5) is 5.82 Å². The maximum atomic E-state index is 12.3. The van der Waals surface area contributed by atoms with Crippen molar-refractivity contribution in [3.05, 3.63) is 62.8 Å². The van der Waals surface area contributed by atoms with Crippen molar-refractivity contribution in [3.8, 4) is 5.82 Å². The molecule has 0 saturated heterocycles. The predicted octanol–water partition coefficient (Wildman–Crippen LogP) is 3.86. The number of rotatable bonds is 2. The van der Waals surface area contributed by atoms with Gasteiger partial charge >= 0.3 is 0 Å². The zero-order chi connectivity index (χ0) is 17.6. The highest BCUT2D eigenvalue weighted by atomic mass is 79.9. The molecule has 6 nitrogen and oxygen atoms in total. The third-order valence-corrected chi connectivity index (χ3v) is 4.88. The minimum absolute atomic E-state index is 0.0550. The second-order valence-corrected chi connectivity index (χ2v) is 7.14. The monoisotopic (exact) mass is 417 g/mol. The Labute approximate surface area is 157 Å². The molecule has 1 N–H and O–H groups in total. The van der Waals surface area contributed by atoms with Gasteiger partial charge in [-0.2, -0.15) is 9.78 Å². The van der Waals surface area contributed by atoms with E-state index in [0.29, 0.717) is 23.2 Å². The van der Waals surface area contributed by atoms with E-state index in [1.165, 1.54) is 0 Å². The van der Waals surface area contributed by atoms with Gasteiger partial charge in [-0.3, -0.25) is 4.79 Å². The van der Waals surface area contributed by atoms with Crippen LogP contribution in [0.3, 0.4) is 0 Å². The van der Waals surface area contributed by atoms with Crippen molar-refractivity contribution in [2.75, 3.05) is 5.32 Å².